The minimum Gasteiger partial charge on any atom is -0.493 e. The average Bonchev–Trinajstić information content (AvgIpc) is 3.46. The number of rotatable bonds is 8. The highest BCUT2D eigenvalue weighted by Gasteiger charge is 2.23. The first-order valence-electron chi connectivity index (χ1n) is 9.80. The van der Waals surface area contributed by atoms with Crippen LogP contribution in [0, 0.1) is 0 Å². The number of aryl methyl sites for hydroxylation is 2. The van der Waals surface area contributed by atoms with Crippen LogP contribution in [0.4, 0.5) is 5.13 Å². The van der Waals surface area contributed by atoms with E-state index in [1.54, 1.807) is 32.4 Å². The summed E-state index contributed by atoms with van der Waals surface area (Å²) < 4.78 is 12.2. The van der Waals surface area contributed by atoms with Crippen LogP contribution in [0.2, 0.25) is 0 Å². The van der Waals surface area contributed by atoms with Crippen LogP contribution in [-0.2, 0) is 17.6 Å². The molecule has 1 aliphatic heterocycles. The summed E-state index contributed by atoms with van der Waals surface area (Å²) in [5.41, 5.74) is 1.22. The van der Waals surface area contributed by atoms with Crippen LogP contribution in [0.25, 0.3) is 5.69 Å². The molecule has 1 aromatic carbocycles. The zero-order valence-electron chi connectivity index (χ0n) is 17.7. The zero-order valence-corrected chi connectivity index (χ0v) is 20.2. The summed E-state index contributed by atoms with van der Waals surface area (Å²) in [4.78, 5) is 31.2. The summed E-state index contributed by atoms with van der Waals surface area (Å²) >= 11 is 4.05. The van der Waals surface area contributed by atoms with Crippen molar-refractivity contribution >= 4 is 45.9 Å². The highest BCUT2D eigenvalue weighted by molar-refractivity contribution is 8.00. The Balaban J connectivity index is 1.64. The van der Waals surface area contributed by atoms with Gasteiger partial charge in [-0.2, -0.15) is 0 Å². The van der Waals surface area contributed by atoms with Crippen LogP contribution in [-0.4, -0.2) is 51.4 Å². The summed E-state index contributed by atoms with van der Waals surface area (Å²) in [5.74, 6) is 1.71. The van der Waals surface area contributed by atoms with E-state index < -0.39 is 0 Å². The molecule has 12 heteroatoms. The second-order valence-corrected chi connectivity index (χ2v) is 9.75. The Bertz CT molecular complexity index is 1210. The Labute approximate surface area is 197 Å². The Kier molecular flexibility index (Phi) is 7.01. The molecule has 0 atom stereocenters. The van der Waals surface area contributed by atoms with E-state index in [4.69, 9.17) is 14.5 Å². The monoisotopic (exact) mass is 491 g/mol. The fourth-order valence-electron chi connectivity index (χ4n) is 3.11. The third kappa shape index (κ3) is 4.62. The van der Waals surface area contributed by atoms with Gasteiger partial charge in [-0.05, 0) is 18.6 Å². The van der Waals surface area contributed by atoms with Crippen molar-refractivity contribution in [2.24, 2.45) is 0 Å². The summed E-state index contributed by atoms with van der Waals surface area (Å²) in [7, 11) is 3.09. The smallest absolute Gasteiger partial charge is 0.272 e. The van der Waals surface area contributed by atoms with Gasteiger partial charge in [0.05, 0.1) is 36.2 Å². The summed E-state index contributed by atoms with van der Waals surface area (Å²) in [6, 6.07) is 5.24. The zero-order chi connectivity index (χ0) is 22.7. The van der Waals surface area contributed by atoms with Crippen LogP contribution >= 0.6 is 34.9 Å². The van der Waals surface area contributed by atoms with Crippen LogP contribution in [0.15, 0.2) is 33.0 Å². The molecule has 168 valence electrons. The van der Waals surface area contributed by atoms with Crippen molar-refractivity contribution in [1.29, 1.82) is 0 Å². The van der Waals surface area contributed by atoms with E-state index in [1.807, 2.05) is 6.92 Å². The Morgan fingerprint density at radius 1 is 1.25 bits per heavy atom. The van der Waals surface area contributed by atoms with Gasteiger partial charge in [0.2, 0.25) is 11.0 Å². The van der Waals surface area contributed by atoms with Crippen LogP contribution in [0.1, 0.15) is 17.6 Å². The van der Waals surface area contributed by atoms with Gasteiger partial charge in [0.25, 0.3) is 5.56 Å². The third-order valence-corrected chi connectivity index (χ3v) is 7.67. The number of anilines is 1. The largest absolute Gasteiger partial charge is 0.493 e. The molecule has 2 aromatic heterocycles. The summed E-state index contributed by atoms with van der Waals surface area (Å²) in [5, 5.41) is 12.5. The first-order valence-corrected chi connectivity index (χ1v) is 12.6. The molecule has 4 rings (SSSR count). The molecule has 9 nitrogen and oxygen atoms in total. The summed E-state index contributed by atoms with van der Waals surface area (Å²) in [6.45, 7) is 1.98. The number of hydrogen-bond acceptors (Lipinski definition) is 10. The molecule has 0 saturated heterocycles. The second-order valence-electron chi connectivity index (χ2n) is 6.64. The van der Waals surface area contributed by atoms with Crippen molar-refractivity contribution in [3.63, 3.8) is 0 Å². The van der Waals surface area contributed by atoms with Gasteiger partial charge in [-0.1, -0.05) is 30.0 Å². The maximum absolute atomic E-state index is 13.3. The predicted octanol–water partition coefficient (Wildman–Crippen LogP) is 3.04. The highest BCUT2D eigenvalue weighted by atomic mass is 32.2. The first-order chi connectivity index (χ1) is 15.5. The number of nitrogens with one attached hydrogen (secondary N) is 1. The number of aromatic nitrogens is 4. The van der Waals surface area contributed by atoms with E-state index in [0.29, 0.717) is 32.4 Å². The van der Waals surface area contributed by atoms with Gasteiger partial charge < -0.3 is 9.47 Å². The third-order valence-electron chi connectivity index (χ3n) is 4.64. The van der Waals surface area contributed by atoms with Gasteiger partial charge in [-0.15, -0.1) is 22.0 Å². The first kappa shape index (κ1) is 22.6. The van der Waals surface area contributed by atoms with Gasteiger partial charge in [0.15, 0.2) is 16.7 Å². The number of fused-ring (bicyclic) bond motifs is 1. The van der Waals surface area contributed by atoms with E-state index in [2.05, 4.69) is 15.5 Å². The van der Waals surface area contributed by atoms with Crippen molar-refractivity contribution in [2.75, 3.05) is 31.0 Å². The maximum atomic E-state index is 13.3. The Hall–Kier alpha value is -2.57. The van der Waals surface area contributed by atoms with E-state index >= 15 is 0 Å². The fourth-order valence-corrected chi connectivity index (χ4v) is 5.66. The predicted molar refractivity (Wildman–Crippen MR) is 126 cm³/mol. The van der Waals surface area contributed by atoms with Gasteiger partial charge in [-0.25, -0.2) is 4.98 Å². The normalized spacial score (nSPS) is 12.5. The van der Waals surface area contributed by atoms with Crippen LogP contribution in [0.5, 0.6) is 11.5 Å². The molecule has 0 spiro atoms. The highest BCUT2D eigenvalue weighted by Crippen LogP contribution is 2.33. The molecule has 0 radical (unpaired) electrons. The molecule has 0 aliphatic carbocycles. The number of benzene rings is 1. The van der Waals surface area contributed by atoms with Crippen LogP contribution in [0.3, 0.4) is 0 Å². The van der Waals surface area contributed by atoms with Gasteiger partial charge in [0.1, 0.15) is 5.01 Å². The van der Waals surface area contributed by atoms with E-state index in [9.17, 15) is 9.59 Å². The fraction of sp³-hybridized carbons (Fsp3) is 0.350. The lowest BCUT2D eigenvalue weighted by atomic mass is 10.2. The molecule has 0 saturated carbocycles. The minimum absolute atomic E-state index is 0.0761. The van der Waals surface area contributed by atoms with Crippen LogP contribution < -0.4 is 20.3 Å². The standard InChI is InChI=1S/C20H21N5O4S3/c1-4-16-23-24-19(32-16)22-15(26)10-31-20-21-12-7-8-30-17(12)18(27)25(20)11-5-6-13(28-2)14(9-11)29-3/h5-6,9H,4,7-8,10H2,1-3H3,(H,22,24,26). The molecule has 3 heterocycles. The van der Waals surface area contributed by atoms with Crippen molar-refractivity contribution in [3.8, 4) is 17.2 Å². The van der Waals surface area contributed by atoms with Crippen molar-refractivity contribution in [2.45, 2.75) is 29.8 Å². The van der Waals surface area contributed by atoms with E-state index in [1.165, 1.54) is 39.4 Å². The minimum atomic E-state index is -0.239. The van der Waals surface area contributed by atoms with Gasteiger partial charge >= 0.3 is 0 Å². The van der Waals surface area contributed by atoms with Gasteiger partial charge in [0, 0.05) is 18.2 Å². The SMILES string of the molecule is CCc1nnc(NC(=O)CSc2nc3c(c(=O)n2-c2ccc(OC)c(OC)c2)SCC3)s1. The number of amides is 1. The number of methoxy groups -OCH3 is 2. The molecule has 1 amide bonds. The quantitative estimate of drug-likeness (QED) is 0.376. The van der Waals surface area contributed by atoms with E-state index in [-0.39, 0.29) is 17.2 Å². The van der Waals surface area contributed by atoms with Gasteiger partial charge in [-0.3, -0.25) is 19.5 Å². The average molecular weight is 492 g/mol. The number of nitrogens with zero attached hydrogens (tertiary/aromatic N) is 4. The second kappa shape index (κ2) is 9.92. The number of thioether (sulfide) groups is 2. The summed E-state index contributed by atoms with van der Waals surface area (Å²) in [6.07, 6.45) is 1.49. The molecule has 0 fully saturated rings. The molecule has 3 aromatic rings. The molecule has 32 heavy (non-hydrogen) atoms. The number of carbonyl (C=O) groups excluding carboxylic acids is 1. The lowest BCUT2D eigenvalue weighted by Gasteiger charge is -2.15. The molecule has 0 unspecified atom stereocenters. The number of hydrogen-bond donors (Lipinski definition) is 1. The van der Waals surface area contributed by atoms with Crippen molar-refractivity contribution < 1.29 is 14.3 Å². The molecule has 1 aliphatic rings. The maximum Gasteiger partial charge on any atom is 0.272 e. The number of carbonyl (C=O) groups is 1. The van der Waals surface area contributed by atoms with E-state index in [0.717, 1.165) is 29.3 Å². The molecule has 0 bridgehead atoms. The number of ether oxygens (including phenoxy) is 2. The Morgan fingerprint density at radius 2 is 2.06 bits per heavy atom. The molecular formula is C20H21N5O4S3. The topological polar surface area (TPSA) is 108 Å². The van der Waals surface area contributed by atoms with Crippen molar-refractivity contribution in [1.82, 2.24) is 19.7 Å². The Morgan fingerprint density at radius 3 is 2.78 bits per heavy atom. The molecular weight excluding hydrogens is 470 g/mol. The lowest BCUT2D eigenvalue weighted by molar-refractivity contribution is -0.113. The molecule has 1 N–H and O–H groups in total. The lowest BCUT2D eigenvalue weighted by Crippen LogP contribution is -2.24. The van der Waals surface area contributed by atoms with Crippen molar-refractivity contribution in [3.05, 3.63) is 39.3 Å².